The molecule has 4 rings (SSSR count). The zero-order chi connectivity index (χ0) is 27.3. The largest absolute Gasteiger partial charge is 0.494 e. The van der Waals surface area contributed by atoms with Crippen molar-refractivity contribution >= 4 is 17.8 Å². The van der Waals surface area contributed by atoms with Crippen molar-refractivity contribution in [2.24, 2.45) is 17.8 Å². The van der Waals surface area contributed by atoms with Crippen LogP contribution in [-0.4, -0.2) is 37.5 Å². The molecule has 2 bridgehead atoms. The standard InChI is InChI=1S/C30H40N2O6/c1-21(2)19-26-25(29(34)32-38-20-23-9-5-4-6-10-23)12-8-18-37-24-16-14-22(15-17-24)11-7-13-27(30(35)36-3)31-28(26)33/h4-6,9-10,14-17,21,25-27H,7-8,11-13,18-20H2,1-3H3,(H,31,33)(H,32,34)/t25-,26+,27-/m0/s1. The minimum absolute atomic E-state index is 0.155. The van der Waals surface area contributed by atoms with Gasteiger partial charge in [0.2, 0.25) is 11.8 Å². The molecular formula is C30H40N2O6. The average Bonchev–Trinajstić information content (AvgIpc) is 2.91. The van der Waals surface area contributed by atoms with Gasteiger partial charge in [0, 0.05) is 5.92 Å². The Kier molecular flexibility index (Phi) is 11.6. The van der Waals surface area contributed by atoms with E-state index in [-0.39, 0.29) is 24.3 Å². The third kappa shape index (κ3) is 9.17. The number of rotatable bonds is 7. The first-order valence-electron chi connectivity index (χ1n) is 13.4. The topological polar surface area (TPSA) is 103 Å². The highest BCUT2D eigenvalue weighted by molar-refractivity contribution is 5.90. The van der Waals surface area contributed by atoms with E-state index in [0.29, 0.717) is 38.7 Å². The summed E-state index contributed by atoms with van der Waals surface area (Å²) in [5.41, 5.74) is 4.62. The first-order valence-corrected chi connectivity index (χ1v) is 13.4. The highest BCUT2D eigenvalue weighted by Gasteiger charge is 2.36. The molecule has 3 atom stereocenters. The number of hydrogen-bond acceptors (Lipinski definition) is 6. The van der Waals surface area contributed by atoms with Crippen molar-refractivity contribution < 1.29 is 28.7 Å². The second-order valence-corrected chi connectivity index (χ2v) is 10.2. The van der Waals surface area contributed by atoms with Gasteiger partial charge in [-0.3, -0.25) is 14.4 Å². The molecule has 2 amide bonds. The first kappa shape index (κ1) is 29.2. The summed E-state index contributed by atoms with van der Waals surface area (Å²) >= 11 is 0. The molecular weight excluding hydrogens is 484 g/mol. The lowest BCUT2D eigenvalue weighted by molar-refractivity contribution is -0.148. The van der Waals surface area contributed by atoms with Gasteiger partial charge in [-0.15, -0.1) is 0 Å². The van der Waals surface area contributed by atoms with Crippen molar-refractivity contribution in [3.05, 3.63) is 65.7 Å². The van der Waals surface area contributed by atoms with Gasteiger partial charge < -0.3 is 14.8 Å². The van der Waals surface area contributed by atoms with E-state index in [9.17, 15) is 14.4 Å². The molecule has 2 aromatic rings. The van der Waals surface area contributed by atoms with Crippen molar-refractivity contribution in [3.8, 4) is 5.75 Å². The smallest absolute Gasteiger partial charge is 0.328 e. The van der Waals surface area contributed by atoms with E-state index in [1.807, 2.05) is 68.4 Å². The Morgan fingerprint density at radius 2 is 1.79 bits per heavy atom. The second kappa shape index (κ2) is 15.1. The fraction of sp³-hybridized carbons (Fsp3) is 0.500. The summed E-state index contributed by atoms with van der Waals surface area (Å²) in [7, 11) is 1.32. The number of nitrogens with one attached hydrogen (secondary N) is 2. The lowest BCUT2D eigenvalue weighted by atomic mass is 9.81. The molecule has 0 saturated carbocycles. The number of aryl methyl sites for hydroxylation is 1. The normalized spacial score (nSPS) is 20.8. The number of carbonyl (C=O) groups is 3. The predicted octanol–water partition coefficient (Wildman–Crippen LogP) is 4.37. The van der Waals surface area contributed by atoms with Crippen LogP contribution in [0.2, 0.25) is 0 Å². The van der Waals surface area contributed by atoms with Crippen LogP contribution < -0.4 is 15.5 Å². The Morgan fingerprint density at radius 3 is 2.47 bits per heavy atom. The molecule has 0 aliphatic carbocycles. The Bertz CT molecular complexity index is 1020. The maximum atomic E-state index is 13.6. The van der Waals surface area contributed by atoms with Gasteiger partial charge in [0.25, 0.3) is 0 Å². The van der Waals surface area contributed by atoms with Crippen molar-refractivity contribution in [3.63, 3.8) is 0 Å². The average molecular weight is 525 g/mol. The Labute approximate surface area is 225 Å². The van der Waals surface area contributed by atoms with Gasteiger partial charge in [-0.25, -0.2) is 10.3 Å². The Morgan fingerprint density at radius 1 is 1.05 bits per heavy atom. The molecule has 2 aliphatic rings. The molecule has 206 valence electrons. The summed E-state index contributed by atoms with van der Waals surface area (Å²) in [5.74, 6) is -1.56. The minimum Gasteiger partial charge on any atom is -0.494 e. The molecule has 0 saturated heterocycles. The van der Waals surface area contributed by atoms with E-state index in [4.69, 9.17) is 14.3 Å². The van der Waals surface area contributed by atoms with E-state index in [1.54, 1.807) is 0 Å². The number of benzene rings is 2. The molecule has 2 aliphatic heterocycles. The van der Waals surface area contributed by atoms with E-state index in [2.05, 4.69) is 10.8 Å². The SMILES string of the molecule is COC(=O)[C@@H]1CCCc2ccc(cc2)OCCC[C@H](C(=O)NOCc2ccccc2)[C@@H](CC(C)C)C(=O)N1. The van der Waals surface area contributed by atoms with Crippen molar-refractivity contribution in [1.82, 2.24) is 10.8 Å². The lowest BCUT2D eigenvalue weighted by Gasteiger charge is -2.28. The van der Waals surface area contributed by atoms with Gasteiger partial charge in [0.15, 0.2) is 0 Å². The fourth-order valence-electron chi connectivity index (χ4n) is 4.74. The van der Waals surface area contributed by atoms with E-state index < -0.39 is 23.8 Å². The summed E-state index contributed by atoms with van der Waals surface area (Å²) in [5, 5.41) is 2.90. The highest BCUT2D eigenvalue weighted by Crippen LogP contribution is 2.27. The quantitative estimate of drug-likeness (QED) is 0.412. The van der Waals surface area contributed by atoms with Crippen LogP contribution in [0.3, 0.4) is 0 Å². The lowest BCUT2D eigenvalue weighted by Crippen LogP contribution is -2.48. The number of carbonyl (C=O) groups excluding carboxylic acids is 3. The third-order valence-corrected chi connectivity index (χ3v) is 6.75. The van der Waals surface area contributed by atoms with Crippen molar-refractivity contribution in [1.29, 1.82) is 0 Å². The zero-order valence-electron chi connectivity index (χ0n) is 22.6. The summed E-state index contributed by atoms with van der Waals surface area (Å²) in [6.45, 7) is 4.65. The molecule has 2 heterocycles. The molecule has 2 N–H and O–H groups in total. The number of hydrogen-bond donors (Lipinski definition) is 2. The summed E-state index contributed by atoms with van der Waals surface area (Å²) in [4.78, 5) is 45.1. The molecule has 0 aromatic heterocycles. The van der Waals surface area contributed by atoms with Gasteiger partial charge in [-0.2, -0.15) is 0 Å². The number of fused-ring (bicyclic) bond motifs is 13. The monoisotopic (exact) mass is 524 g/mol. The molecule has 8 nitrogen and oxygen atoms in total. The van der Waals surface area contributed by atoms with Crippen LogP contribution in [0.25, 0.3) is 0 Å². The van der Waals surface area contributed by atoms with Gasteiger partial charge in [-0.05, 0) is 67.7 Å². The second-order valence-electron chi connectivity index (χ2n) is 10.2. The van der Waals surface area contributed by atoms with Gasteiger partial charge in [0.05, 0.1) is 26.2 Å². The van der Waals surface area contributed by atoms with Gasteiger partial charge in [0.1, 0.15) is 11.8 Å². The molecule has 2 aromatic carbocycles. The minimum atomic E-state index is -0.782. The maximum absolute atomic E-state index is 13.6. The number of methoxy groups -OCH3 is 1. The van der Waals surface area contributed by atoms with Crippen LogP contribution in [-0.2, 0) is 37.0 Å². The van der Waals surface area contributed by atoms with Crippen LogP contribution in [0.15, 0.2) is 54.6 Å². The van der Waals surface area contributed by atoms with E-state index in [1.165, 1.54) is 7.11 Å². The Balaban J connectivity index is 1.81. The number of amides is 2. The van der Waals surface area contributed by atoms with Crippen molar-refractivity contribution in [2.45, 2.75) is 65.0 Å². The summed E-state index contributed by atoms with van der Waals surface area (Å²) < 4.78 is 10.9. The van der Waals surface area contributed by atoms with Crippen LogP contribution in [0.5, 0.6) is 5.75 Å². The van der Waals surface area contributed by atoms with Crippen LogP contribution in [0.1, 0.15) is 57.1 Å². The van der Waals surface area contributed by atoms with Gasteiger partial charge in [-0.1, -0.05) is 56.3 Å². The number of esters is 1. The van der Waals surface area contributed by atoms with Gasteiger partial charge >= 0.3 is 5.97 Å². The summed E-state index contributed by atoms with van der Waals surface area (Å²) in [6, 6.07) is 16.6. The summed E-state index contributed by atoms with van der Waals surface area (Å²) in [6.07, 6.45) is 3.35. The number of ether oxygens (including phenoxy) is 2. The third-order valence-electron chi connectivity index (χ3n) is 6.75. The first-order chi connectivity index (χ1) is 18.4. The molecule has 8 heteroatoms. The fourth-order valence-corrected chi connectivity index (χ4v) is 4.74. The maximum Gasteiger partial charge on any atom is 0.328 e. The molecule has 0 spiro atoms. The predicted molar refractivity (Wildman–Crippen MR) is 144 cm³/mol. The number of hydroxylamine groups is 1. The molecule has 0 fully saturated rings. The van der Waals surface area contributed by atoms with Crippen LogP contribution >= 0.6 is 0 Å². The molecule has 38 heavy (non-hydrogen) atoms. The van der Waals surface area contributed by atoms with Crippen molar-refractivity contribution in [2.75, 3.05) is 13.7 Å². The Hall–Kier alpha value is -3.39. The zero-order valence-corrected chi connectivity index (χ0v) is 22.6. The molecule has 0 radical (unpaired) electrons. The van der Waals surface area contributed by atoms with E-state index in [0.717, 1.165) is 23.3 Å². The van der Waals surface area contributed by atoms with Crippen LogP contribution in [0.4, 0.5) is 0 Å². The van der Waals surface area contributed by atoms with E-state index >= 15 is 0 Å². The van der Waals surface area contributed by atoms with Crippen LogP contribution in [0, 0.1) is 17.8 Å². The highest BCUT2D eigenvalue weighted by atomic mass is 16.6. The molecule has 0 unspecified atom stereocenters.